The molecule has 0 spiro atoms. The molecule has 0 aliphatic heterocycles. The summed E-state index contributed by atoms with van der Waals surface area (Å²) in [6.07, 6.45) is 0. The Labute approximate surface area is 128 Å². The van der Waals surface area contributed by atoms with Gasteiger partial charge in [-0.25, -0.2) is 0 Å². The average molecular weight is 332 g/mol. The molecule has 0 radical (unpaired) electrons. The van der Waals surface area contributed by atoms with E-state index in [9.17, 15) is 4.79 Å². The van der Waals surface area contributed by atoms with Crippen molar-refractivity contribution in [3.63, 3.8) is 0 Å². The zero-order chi connectivity index (χ0) is 14.7. The van der Waals surface area contributed by atoms with Crippen LogP contribution in [0.4, 0.5) is 5.69 Å². The molecule has 1 N–H and O–H groups in total. The number of rotatable bonds is 3. The Bertz CT molecular complexity index is 617. The lowest BCUT2D eigenvalue weighted by Gasteiger charge is -2.10. The van der Waals surface area contributed by atoms with Crippen molar-refractivity contribution < 1.29 is 4.79 Å². The number of hydrogen-bond donors (Lipinski definition) is 1. The maximum absolute atomic E-state index is 12.2. The molecule has 1 amide bonds. The summed E-state index contributed by atoms with van der Waals surface area (Å²) in [5.41, 5.74) is 3.79. The lowest BCUT2D eigenvalue weighted by molar-refractivity contribution is 0.102. The van der Waals surface area contributed by atoms with Crippen molar-refractivity contribution in [3.05, 3.63) is 63.6 Å². The van der Waals surface area contributed by atoms with E-state index in [0.717, 1.165) is 15.7 Å². The number of hydrogen-bond acceptors (Lipinski definition) is 1. The minimum Gasteiger partial charge on any atom is -0.322 e. The molecule has 2 rings (SSSR count). The highest BCUT2D eigenvalue weighted by Crippen LogP contribution is 2.21. The van der Waals surface area contributed by atoms with Crippen LogP contribution < -0.4 is 5.32 Å². The van der Waals surface area contributed by atoms with Crippen LogP contribution in [0, 0.1) is 6.92 Å². The number of aryl methyl sites for hydroxylation is 1. The zero-order valence-corrected chi connectivity index (χ0v) is 13.5. The Morgan fingerprint density at radius 2 is 1.75 bits per heavy atom. The van der Waals surface area contributed by atoms with Crippen molar-refractivity contribution in [1.29, 1.82) is 0 Å². The summed E-state index contributed by atoms with van der Waals surface area (Å²) in [6.45, 7) is 6.25. The number of halogens is 1. The highest BCUT2D eigenvalue weighted by atomic mass is 79.9. The molecule has 0 aromatic heterocycles. The van der Waals surface area contributed by atoms with E-state index in [4.69, 9.17) is 0 Å². The highest BCUT2D eigenvalue weighted by molar-refractivity contribution is 9.10. The molecule has 0 saturated carbocycles. The van der Waals surface area contributed by atoms with Crippen LogP contribution in [-0.2, 0) is 0 Å². The largest absolute Gasteiger partial charge is 0.322 e. The quantitative estimate of drug-likeness (QED) is 0.829. The lowest BCUT2D eigenvalue weighted by atomic mass is 10.0. The number of benzene rings is 2. The van der Waals surface area contributed by atoms with E-state index in [1.807, 2.05) is 49.4 Å². The van der Waals surface area contributed by atoms with Gasteiger partial charge < -0.3 is 5.32 Å². The van der Waals surface area contributed by atoms with Gasteiger partial charge in [0.1, 0.15) is 0 Å². The number of carbonyl (C=O) groups is 1. The molecule has 20 heavy (non-hydrogen) atoms. The second kappa shape index (κ2) is 6.23. The second-order valence-electron chi connectivity index (χ2n) is 5.19. The van der Waals surface area contributed by atoms with Crippen molar-refractivity contribution in [1.82, 2.24) is 0 Å². The van der Waals surface area contributed by atoms with Crippen LogP contribution in [0.25, 0.3) is 0 Å². The second-order valence-corrected chi connectivity index (χ2v) is 6.11. The molecule has 0 bridgehead atoms. The molecular weight excluding hydrogens is 314 g/mol. The molecule has 0 fully saturated rings. The summed E-state index contributed by atoms with van der Waals surface area (Å²) in [5, 5.41) is 2.94. The Hall–Kier alpha value is -1.61. The maximum atomic E-state index is 12.2. The third-order valence-electron chi connectivity index (χ3n) is 3.28. The Balaban J connectivity index is 2.15. The molecular formula is C17H18BrNO. The minimum atomic E-state index is -0.0780. The van der Waals surface area contributed by atoms with Gasteiger partial charge in [-0.15, -0.1) is 0 Å². The third-order valence-corrected chi connectivity index (χ3v) is 3.77. The molecule has 0 aliphatic carbocycles. The van der Waals surface area contributed by atoms with E-state index < -0.39 is 0 Å². The van der Waals surface area contributed by atoms with Gasteiger partial charge in [0.05, 0.1) is 0 Å². The van der Waals surface area contributed by atoms with E-state index in [-0.39, 0.29) is 5.91 Å². The summed E-state index contributed by atoms with van der Waals surface area (Å²) in [7, 11) is 0. The van der Waals surface area contributed by atoms with Gasteiger partial charge in [-0.3, -0.25) is 4.79 Å². The monoisotopic (exact) mass is 331 g/mol. The van der Waals surface area contributed by atoms with Crippen LogP contribution in [-0.4, -0.2) is 5.91 Å². The molecule has 2 aromatic carbocycles. The number of amides is 1. The Morgan fingerprint density at radius 1 is 1.10 bits per heavy atom. The fourth-order valence-corrected chi connectivity index (χ4v) is 2.46. The predicted molar refractivity (Wildman–Crippen MR) is 87.4 cm³/mol. The average Bonchev–Trinajstić information content (AvgIpc) is 2.42. The maximum Gasteiger partial charge on any atom is 0.255 e. The van der Waals surface area contributed by atoms with Crippen LogP contribution in [0.2, 0.25) is 0 Å². The number of carbonyl (C=O) groups excluding carboxylic acids is 1. The van der Waals surface area contributed by atoms with Crippen LogP contribution in [0.1, 0.15) is 41.3 Å². The minimum absolute atomic E-state index is 0.0780. The van der Waals surface area contributed by atoms with Gasteiger partial charge in [0, 0.05) is 15.7 Å². The lowest BCUT2D eigenvalue weighted by Crippen LogP contribution is -2.12. The molecule has 2 aromatic rings. The number of nitrogens with one attached hydrogen (secondary N) is 1. The van der Waals surface area contributed by atoms with E-state index in [2.05, 4.69) is 35.1 Å². The van der Waals surface area contributed by atoms with E-state index >= 15 is 0 Å². The van der Waals surface area contributed by atoms with Crippen molar-refractivity contribution >= 4 is 27.5 Å². The van der Waals surface area contributed by atoms with Crippen LogP contribution in [0.15, 0.2) is 46.9 Å². The van der Waals surface area contributed by atoms with Crippen LogP contribution >= 0.6 is 15.9 Å². The third kappa shape index (κ3) is 3.48. The van der Waals surface area contributed by atoms with Crippen molar-refractivity contribution in [2.45, 2.75) is 26.7 Å². The van der Waals surface area contributed by atoms with Gasteiger partial charge in [0.2, 0.25) is 0 Å². The predicted octanol–water partition coefficient (Wildman–Crippen LogP) is 5.13. The zero-order valence-electron chi connectivity index (χ0n) is 11.9. The highest BCUT2D eigenvalue weighted by Gasteiger charge is 2.08. The van der Waals surface area contributed by atoms with Gasteiger partial charge >= 0.3 is 0 Å². The van der Waals surface area contributed by atoms with E-state index in [1.54, 1.807) is 0 Å². The first-order valence-electron chi connectivity index (χ1n) is 6.65. The van der Waals surface area contributed by atoms with Gasteiger partial charge in [0.15, 0.2) is 0 Å². The normalized spacial score (nSPS) is 10.7. The fourth-order valence-electron chi connectivity index (χ4n) is 1.98. The molecule has 2 nitrogen and oxygen atoms in total. The Morgan fingerprint density at radius 3 is 2.30 bits per heavy atom. The van der Waals surface area contributed by atoms with E-state index in [0.29, 0.717) is 11.5 Å². The summed E-state index contributed by atoms with van der Waals surface area (Å²) in [6, 6.07) is 13.6. The van der Waals surface area contributed by atoms with Crippen molar-refractivity contribution in [2.75, 3.05) is 5.32 Å². The topological polar surface area (TPSA) is 29.1 Å². The molecule has 0 aliphatic rings. The first-order chi connectivity index (χ1) is 9.47. The summed E-state index contributed by atoms with van der Waals surface area (Å²) in [5.74, 6) is 0.395. The van der Waals surface area contributed by atoms with Crippen LogP contribution in [0.3, 0.4) is 0 Å². The molecule has 0 unspecified atom stereocenters. The van der Waals surface area contributed by atoms with Gasteiger partial charge in [-0.1, -0.05) is 41.9 Å². The van der Waals surface area contributed by atoms with Crippen LogP contribution in [0.5, 0.6) is 0 Å². The van der Waals surface area contributed by atoms with Crippen molar-refractivity contribution in [2.24, 2.45) is 0 Å². The van der Waals surface area contributed by atoms with Crippen molar-refractivity contribution in [3.8, 4) is 0 Å². The first-order valence-corrected chi connectivity index (χ1v) is 7.44. The molecule has 3 heteroatoms. The number of anilines is 1. The molecule has 104 valence electrons. The summed E-state index contributed by atoms with van der Waals surface area (Å²) in [4.78, 5) is 12.2. The van der Waals surface area contributed by atoms with E-state index in [1.165, 1.54) is 5.56 Å². The Kier molecular flexibility index (Phi) is 4.61. The first kappa shape index (κ1) is 14.8. The molecule has 0 saturated heterocycles. The summed E-state index contributed by atoms with van der Waals surface area (Å²) < 4.78 is 1.01. The molecule has 0 atom stereocenters. The van der Waals surface area contributed by atoms with Gasteiger partial charge in [-0.05, 0) is 54.3 Å². The standard InChI is InChI=1S/C17H18BrNO/c1-11(2)13-4-6-14(7-5-13)17(20)19-16-9-8-15(18)10-12(16)3/h4-11H,1-3H3,(H,19,20). The SMILES string of the molecule is Cc1cc(Br)ccc1NC(=O)c1ccc(C(C)C)cc1. The fraction of sp³-hybridized carbons (Fsp3) is 0.235. The van der Waals surface area contributed by atoms with Gasteiger partial charge in [-0.2, -0.15) is 0 Å². The summed E-state index contributed by atoms with van der Waals surface area (Å²) >= 11 is 3.42. The smallest absolute Gasteiger partial charge is 0.255 e. The molecule has 0 heterocycles. The van der Waals surface area contributed by atoms with Gasteiger partial charge in [0.25, 0.3) is 5.91 Å².